The minimum absolute atomic E-state index is 0.0505. The highest BCUT2D eigenvalue weighted by molar-refractivity contribution is 7.92. The number of sulfonamides is 1. The number of anilines is 1. The van der Waals surface area contributed by atoms with Crippen molar-refractivity contribution < 1.29 is 31.6 Å². The number of nitrogens with zero attached hydrogens (tertiary/aromatic N) is 1. The Morgan fingerprint density at radius 2 is 1.72 bits per heavy atom. The summed E-state index contributed by atoms with van der Waals surface area (Å²) in [5.41, 5.74) is 0.766. The van der Waals surface area contributed by atoms with Gasteiger partial charge in [-0.05, 0) is 61.5 Å². The van der Waals surface area contributed by atoms with Gasteiger partial charge >= 0.3 is 5.97 Å². The van der Waals surface area contributed by atoms with E-state index in [0.29, 0.717) is 11.5 Å². The standard InChI is InChI=1S/C22H21FN2O6S/c1-14-20(22(27)30-3)12-18(31-14)13-25(2)21(26)15-4-10-19(11-5-15)32(28,29)24-17-8-6-16(23)7-9-17/h4-12,24H,13H2,1-3H3. The summed E-state index contributed by atoms with van der Waals surface area (Å²) in [6.45, 7) is 1.72. The molecule has 0 radical (unpaired) electrons. The number of ether oxygens (including phenoxy) is 1. The molecular formula is C22H21FN2O6S. The summed E-state index contributed by atoms with van der Waals surface area (Å²) in [6.07, 6.45) is 0. The van der Waals surface area contributed by atoms with E-state index in [9.17, 15) is 22.4 Å². The van der Waals surface area contributed by atoms with Gasteiger partial charge < -0.3 is 14.1 Å². The van der Waals surface area contributed by atoms with E-state index in [1.807, 2.05) is 0 Å². The maximum atomic E-state index is 13.0. The first kappa shape index (κ1) is 23.0. The number of methoxy groups -OCH3 is 1. The largest absolute Gasteiger partial charge is 0.465 e. The predicted octanol–water partition coefficient (Wildman–Crippen LogP) is 3.59. The summed E-state index contributed by atoms with van der Waals surface area (Å²) in [7, 11) is -1.08. The third kappa shape index (κ3) is 5.14. The van der Waals surface area contributed by atoms with Gasteiger partial charge in [0, 0.05) is 18.3 Å². The van der Waals surface area contributed by atoms with Gasteiger partial charge in [0.2, 0.25) is 0 Å². The fourth-order valence-electron chi connectivity index (χ4n) is 2.97. The zero-order valence-electron chi connectivity index (χ0n) is 17.6. The van der Waals surface area contributed by atoms with Gasteiger partial charge in [-0.25, -0.2) is 17.6 Å². The molecule has 0 aliphatic carbocycles. The molecule has 2 aromatic carbocycles. The Kier molecular flexibility index (Phi) is 6.64. The van der Waals surface area contributed by atoms with Gasteiger partial charge in [0.15, 0.2) is 0 Å². The monoisotopic (exact) mass is 460 g/mol. The van der Waals surface area contributed by atoms with Crippen LogP contribution in [0.3, 0.4) is 0 Å². The lowest BCUT2D eigenvalue weighted by Gasteiger charge is -2.16. The van der Waals surface area contributed by atoms with Crippen LogP contribution in [-0.2, 0) is 21.3 Å². The number of aryl methyl sites for hydroxylation is 1. The summed E-state index contributed by atoms with van der Waals surface area (Å²) in [6, 6.07) is 11.8. The molecule has 3 aromatic rings. The molecule has 0 spiro atoms. The van der Waals surface area contributed by atoms with Crippen molar-refractivity contribution in [2.75, 3.05) is 18.9 Å². The zero-order valence-corrected chi connectivity index (χ0v) is 18.4. The second-order valence-corrected chi connectivity index (χ2v) is 8.65. The number of rotatable bonds is 7. The van der Waals surface area contributed by atoms with Gasteiger partial charge in [0.05, 0.1) is 18.6 Å². The van der Waals surface area contributed by atoms with Gasteiger partial charge in [0.25, 0.3) is 15.9 Å². The number of carbonyl (C=O) groups excluding carboxylic acids is 2. The fraction of sp³-hybridized carbons (Fsp3) is 0.182. The first-order chi connectivity index (χ1) is 15.1. The number of hydrogen-bond acceptors (Lipinski definition) is 6. The summed E-state index contributed by atoms with van der Waals surface area (Å²) in [4.78, 5) is 25.7. The quantitative estimate of drug-likeness (QED) is 0.540. The topological polar surface area (TPSA) is 106 Å². The number of benzene rings is 2. The van der Waals surface area contributed by atoms with Crippen molar-refractivity contribution in [2.24, 2.45) is 0 Å². The Bertz CT molecular complexity index is 1230. The molecule has 1 heterocycles. The molecule has 0 saturated carbocycles. The van der Waals surface area contributed by atoms with Crippen molar-refractivity contribution >= 4 is 27.6 Å². The van der Waals surface area contributed by atoms with Gasteiger partial charge in [-0.1, -0.05) is 0 Å². The maximum absolute atomic E-state index is 13.0. The molecule has 3 rings (SSSR count). The lowest BCUT2D eigenvalue weighted by molar-refractivity contribution is 0.0598. The SMILES string of the molecule is COC(=O)c1cc(CN(C)C(=O)c2ccc(S(=O)(=O)Nc3ccc(F)cc3)cc2)oc1C. The third-order valence-electron chi connectivity index (χ3n) is 4.62. The van der Waals surface area contributed by atoms with E-state index in [1.54, 1.807) is 14.0 Å². The van der Waals surface area contributed by atoms with Gasteiger partial charge in [-0.2, -0.15) is 0 Å². The molecule has 1 N–H and O–H groups in total. The van der Waals surface area contributed by atoms with Crippen LogP contribution in [0.2, 0.25) is 0 Å². The number of carbonyl (C=O) groups is 2. The molecule has 1 aromatic heterocycles. The van der Waals surface area contributed by atoms with Crippen molar-refractivity contribution in [3.8, 4) is 0 Å². The Morgan fingerprint density at radius 1 is 1.09 bits per heavy atom. The molecule has 0 bridgehead atoms. The van der Waals surface area contributed by atoms with Crippen molar-refractivity contribution in [2.45, 2.75) is 18.4 Å². The van der Waals surface area contributed by atoms with E-state index < -0.39 is 21.8 Å². The van der Waals surface area contributed by atoms with Crippen LogP contribution >= 0.6 is 0 Å². The molecule has 0 atom stereocenters. The number of furan rings is 1. The molecule has 32 heavy (non-hydrogen) atoms. The van der Waals surface area contributed by atoms with Crippen LogP contribution in [-0.4, -0.2) is 39.4 Å². The van der Waals surface area contributed by atoms with E-state index in [4.69, 9.17) is 4.42 Å². The predicted molar refractivity (Wildman–Crippen MR) is 114 cm³/mol. The van der Waals surface area contributed by atoms with E-state index >= 15 is 0 Å². The number of esters is 1. The highest BCUT2D eigenvalue weighted by Gasteiger charge is 2.20. The van der Waals surface area contributed by atoms with E-state index in [2.05, 4.69) is 9.46 Å². The second kappa shape index (κ2) is 9.23. The Hall–Kier alpha value is -3.66. The van der Waals surface area contributed by atoms with Gasteiger partial charge in [-0.15, -0.1) is 0 Å². The van der Waals surface area contributed by atoms with Gasteiger partial charge in [0.1, 0.15) is 22.9 Å². The lowest BCUT2D eigenvalue weighted by Crippen LogP contribution is -2.26. The number of halogens is 1. The van der Waals surface area contributed by atoms with E-state index in [0.717, 1.165) is 12.1 Å². The van der Waals surface area contributed by atoms with Crippen molar-refractivity contribution in [1.29, 1.82) is 0 Å². The smallest absolute Gasteiger partial charge is 0.341 e. The first-order valence-electron chi connectivity index (χ1n) is 9.42. The molecule has 0 aliphatic rings. The maximum Gasteiger partial charge on any atom is 0.341 e. The van der Waals surface area contributed by atoms with Crippen LogP contribution in [0.1, 0.15) is 32.2 Å². The lowest BCUT2D eigenvalue weighted by atomic mass is 10.2. The Balaban J connectivity index is 1.70. The van der Waals surface area contributed by atoms with Crippen LogP contribution in [0.5, 0.6) is 0 Å². The van der Waals surface area contributed by atoms with Gasteiger partial charge in [-0.3, -0.25) is 9.52 Å². The molecule has 0 fully saturated rings. The molecular weight excluding hydrogens is 439 g/mol. The van der Waals surface area contributed by atoms with Crippen molar-refractivity contribution in [3.63, 3.8) is 0 Å². The van der Waals surface area contributed by atoms with Crippen molar-refractivity contribution in [3.05, 3.63) is 83.1 Å². The van der Waals surface area contributed by atoms with Crippen LogP contribution in [0.15, 0.2) is 63.9 Å². The summed E-state index contributed by atoms with van der Waals surface area (Å²) < 4.78 is 50.6. The number of amides is 1. The molecule has 0 saturated heterocycles. The normalized spacial score (nSPS) is 11.1. The average molecular weight is 460 g/mol. The van der Waals surface area contributed by atoms with Crippen LogP contribution < -0.4 is 4.72 Å². The Morgan fingerprint density at radius 3 is 2.31 bits per heavy atom. The summed E-state index contributed by atoms with van der Waals surface area (Å²) >= 11 is 0. The first-order valence-corrected chi connectivity index (χ1v) is 10.9. The minimum Gasteiger partial charge on any atom is -0.465 e. The molecule has 1 amide bonds. The highest BCUT2D eigenvalue weighted by atomic mass is 32.2. The van der Waals surface area contributed by atoms with E-state index in [-0.39, 0.29) is 34.2 Å². The number of nitrogens with one attached hydrogen (secondary N) is 1. The summed E-state index contributed by atoms with van der Waals surface area (Å²) in [5, 5.41) is 0. The molecule has 8 nitrogen and oxygen atoms in total. The summed E-state index contributed by atoms with van der Waals surface area (Å²) in [5.74, 6) is -0.588. The average Bonchev–Trinajstić information content (AvgIpc) is 3.14. The third-order valence-corrected chi connectivity index (χ3v) is 6.02. The second-order valence-electron chi connectivity index (χ2n) is 6.97. The highest BCUT2D eigenvalue weighted by Crippen LogP contribution is 2.20. The van der Waals surface area contributed by atoms with Crippen LogP contribution in [0.4, 0.5) is 10.1 Å². The van der Waals surface area contributed by atoms with Crippen molar-refractivity contribution in [1.82, 2.24) is 4.90 Å². The molecule has 168 valence electrons. The molecule has 10 heteroatoms. The molecule has 0 aliphatic heterocycles. The zero-order chi connectivity index (χ0) is 23.5. The Labute approximate surface area is 184 Å². The van der Waals surface area contributed by atoms with E-state index in [1.165, 1.54) is 54.5 Å². The van der Waals surface area contributed by atoms with Crippen LogP contribution in [0, 0.1) is 12.7 Å². The fourth-order valence-corrected chi connectivity index (χ4v) is 4.03. The molecule has 0 unspecified atom stereocenters. The number of hydrogen-bond donors (Lipinski definition) is 1. The minimum atomic E-state index is -3.91. The van der Waals surface area contributed by atoms with Crippen LogP contribution in [0.25, 0.3) is 0 Å².